The summed E-state index contributed by atoms with van der Waals surface area (Å²) in [6.07, 6.45) is -3.48. The van der Waals surface area contributed by atoms with Gasteiger partial charge in [0.15, 0.2) is 0 Å². The van der Waals surface area contributed by atoms with Gasteiger partial charge < -0.3 is 10.5 Å². The lowest BCUT2D eigenvalue weighted by Gasteiger charge is -2.32. The second kappa shape index (κ2) is 4.38. The number of allylic oxidation sites excluding steroid dienone is 2. The Morgan fingerprint density at radius 3 is 2.65 bits per heavy atom. The number of halogens is 4. The fourth-order valence-corrected chi connectivity index (χ4v) is 1.43. The molecule has 7 heteroatoms. The summed E-state index contributed by atoms with van der Waals surface area (Å²) in [5.41, 5.74) is 1.37. The van der Waals surface area contributed by atoms with E-state index >= 15 is 0 Å². The highest BCUT2D eigenvalue weighted by molar-refractivity contribution is 5.77. The lowest BCUT2D eigenvalue weighted by molar-refractivity contribution is -0.228. The average molecular weight is 253 g/mol. The van der Waals surface area contributed by atoms with Crippen molar-refractivity contribution in [2.24, 2.45) is 11.7 Å². The Morgan fingerprint density at radius 1 is 1.59 bits per heavy atom. The molecule has 0 bridgehead atoms. The maximum absolute atomic E-state index is 13.9. The molecule has 1 aliphatic rings. The van der Waals surface area contributed by atoms with E-state index < -0.39 is 23.7 Å². The van der Waals surface area contributed by atoms with Gasteiger partial charge in [-0.25, -0.2) is 4.39 Å². The van der Waals surface area contributed by atoms with Crippen molar-refractivity contribution in [3.63, 3.8) is 0 Å². The monoisotopic (exact) mass is 253 g/mol. The van der Waals surface area contributed by atoms with Crippen LogP contribution in [0.15, 0.2) is 23.9 Å². The molecule has 0 aromatic rings. The number of ether oxygens (including phenoxy) is 1. The third-order valence-corrected chi connectivity index (χ3v) is 2.31. The molecule has 96 valence electrons. The first-order valence-corrected chi connectivity index (χ1v) is 4.81. The topological polar surface area (TPSA) is 52.3 Å². The van der Waals surface area contributed by atoms with Crippen LogP contribution in [-0.2, 0) is 9.53 Å². The largest absolute Gasteiger partial charge is 0.465 e. The van der Waals surface area contributed by atoms with Crippen molar-refractivity contribution in [2.45, 2.75) is 18.8 Å². The molecule has 1 aliphatic carbocycles. The first-order valence-electron chi connectivity index (χ1n) is 4.81. The molecular formula is C10H11F4NO2. The Labute approximate surface area is 94.9 Å². The first-order chi connectivity index (χ1) is 7.72. The van der Waals surface area contributed by atoms with Gasteiger partial charge in [-0.05, 0) is 25.2 Å². The SMILES string of the molecule is CCOC(=O)C1C=C(N)C=CC1(F)C(F)(F)F. The summed E-state index contributed by atoms with van der Waals surface area (Å²) in [4.78, 5) is 11.3. The van der Waals surface area contributed by atoms with Gasteiger partial charge in [-0.15, -0.1) is 0 Å². The Bertz CT molecular complexity index is 375. The van der Waals surface area contributed by atoms with Crippen LogP contribution < -0.4 is 5.73 Å². The van der Waals surface area contributed by atoms with Gasteiger partial charge in [0, 0.05) is 5.70 Å². The summed E-state index contributed by atoms with van der Waals surface area (Å²) in [5, 5.41) is 0. The molecule has 0 aromatic carbocycles. The molecule has 2 atom stereocenters. The van der Waals surface area contributed by atoms with E-state index in [1.54, 1.807) is 0 Å². The standard InChI is InChI=1S/C10H11F4NO2/c1-2-17-8(16)7-5-6(15)3-4-9(7,11)10(12,13)14/h3-5,7H,2,15H2,1H3. The summed E-state index contributed by atoms with van der Waals surface area (Å²) < 4.78 is 56.1. The predicted octanol–water partition coefficient (Wildman–Crippen LogP) is 1.85. The van der Waals surface area contributed by atoms with Crippen LogP contribution in [0, 0.1) is 5.92 Å². The molecule has 0 aromatic heterocycles. The van der Waals surface area contributed by atoms with E-state index in [-0.39, 0.29) is 18.4 Å². The summed E-state index contributed by atoms with van der Waals surface area (Å²) in [5.74, 6) is -3.40. The Kier molecular flexibility index (Phi) is 3.49. The fraction of sp³-hybridized carbons (Fsp3) is 0.500. The lowest BCUT2D eigenvalue weighted by Crippen LogP contribution is -2.50. The number of nitrogens with two attached hydrogens (primary N) is 1. The van der Waals surface area contributed by atoms with Crippen LogP contribution in [0.5, 0.6) is 0 Å². The number of esters is 1. The van der Waals surface area contributed by atoms with Crippen LogP contribution in [0.25, 0.3) is 0 Å². The van der Waals surface area contributed by atoms with Crippen molar-refractivity contribution < 1.29 is 27.1 Å². The van der Waals surface area contributed by atoms with E-state index in [0.717, 1.165) is 6.08 Å². The second-order valence-corrected chi connectivity index (χ2v) is 3.50. The zero-order valence-corrected chi connectivity index (χ0v) is 8.92. The third-order valence-electron chi connectivity index (χ3n) is 2.31. The van der Waals surface area contributed by atoms with Crippen LogP contribution in [-0.4, -0.2) is 24.4 Å². The molecule has 0 radical (unpaired) electrons. The van der Waals surface area contributed by atoms with Crippen LogP contribution in [0.2, 0.25) is 0 Å². The zero-order chi connectivity index (χ0) is 13.3. The molecule has 3 nitrogen and oxygen atoms in total. The first kappa shape index (κ1) is 13.5. The van der Waals surface area contributed by atoms with E-state index in [0.29, 0.717) is 6.08 Å². The molecule has 0 amide bonds. The van der Waals surface area contributed by atoms with Gasteiger partial charge >= 0.3 is 12.1 Å². The zero-order valence-electron chi connectivity index (χ0n) is 8.92. The minimum absolute atomic E-state index is 0.111. The molecule has 17 heavy (non-hydrogen) atoms. The molecule has 0 fully saturated rings. The van der Waals surface area contributed by atoms with Gasteiger partial charge in [0.05, 0.1) is 6.61 Å². The lowest BCUT2D eigenvalue weighted by atomic mass is 9.84. The van der Waals surface area contributed by atoms with Crippen molar-refractivity contribution in [1.29, 1.82) is 0 Å². The van der Waals surface area contributed by atoms with Gasteiger partial charge in [-0.2, -0.15) is 13.2 Å². The molecule has 0 spiro atoms. The molecule has 0 saturated carbocycles. The van der Waals surface area contributed by atoms with Gasteiger partial charge in [0.25, 0.3) is 0 Å². The number of hydrogen-bond acceptors (Lipinski definition) is 3. The van der Waals surface area contributed by atoms with E-state index in [4.69, 9.17) is 5.73 Å². The van der Waals surface area contributed by atoms with Crippen LogP contribution >= 0.6 is 0 Å². The van der Waals surface area contributed by atoms with E-state index in [2.05, 4.69) is 4.74 Å². The van der Waals surface area contributed by atoms with Crippen molar-refractivity contribution in [1.82, 2.24) is 0 Å². The molecule has 2 unspecified atom stereocenters. The number of carbonyl (C=O) groups is 1. The van der Waals surface area contributed by atoms with E-state index in [1.165, 1.54) is 6.92 Å². The molecule has 0 heterocycles. The summed E-state index contributed by atoms with van der Waals surface area (Å²) >= 11 is 0. The Morgan fingerprint density at radius 2 is 2.18 bits per heavy atom. The van der Waals surface area contributed by atoms with E-state index in [1.807, 2.05) is 0 Å². The molecule has 2 N–H and O–H groups in total. The minimum Gasteiger partial charge on any atom is -0.465 e. The van der Waals surface area contributed by atoms with Crippen LogP contribution in [0.4, 0.5) is 17.6 Å². The summed E-state index contributed by atoms with van der Waals surface area (Å²) in [6.45, 7) is 1.28. The third kappa shape index (κ3) is 2.42. The quantitative estimate of drug-likeness (QED) is 0.603. The van der Waals surface area contributed by atoms with Crippen molar-refractivity contribution in [3.8, 4) is 0 Å². The maximum Gasteiger partial charge on any atom is 0.427 e. The number of carbonyl (C=O) groups excluding carboxylic acids is 1. The van der Waals surface area contributed by atoms with Crippen LogP contribution in [0.1, 0.15) is 6.92 Å². The molecule has 1 rings (SSSR count). The highest BCUT2D eigenvalue weighted by Crippen LogP contribution is 2.44. The highest BCUT2D eigenvalue weighted by atomic mass is 19.4. The Balaban J connectivity index is 3.13. The predicted molar refractivity (Wildman–Crippen MR) is 51.4 cm³/mol. The fourth-order valence-electron chi connectivity index (χ4n) is 1.43. The number of alkyl halides is 4. The van der Waals surface area contributed by atoms with Gasteiger partial charge in [0.1, 0.15) is 5.92 Å². The van der Waals surface area contributed by atoms with Gasteiger partial charge in [-0.3, -0.25) is 4.79 Å². The van der Waals surface area contributed by atoms with Crippen molar-refractivity contribution in [2.75, 3.05) is 6.61 Å². The average Bonchev–Trinajstić information content (AvgIpc) is 2.20. The maximum atomic E-state index is 13.9. The summed E-state index contributed by atoms with van der Waals surface area (Å²) in [6, 6.07) is 0. The normalized spacial score (nSPS) is 28.8. The smallest absolute Gasteiger partial charge is 0.427 e. The molecular weight excluding hydrogens is 242 g/mol. The highest BCUT2D eigenvalue weighted by Gasteiger charge is 2.62. The number of rotatable bonds is 2. The van der Waals surface area contributed by atoms with Crippen molar-refractivity contribution in [3.05, 3.63) is 23.9 Å². The van der Waals surface area contributed by atoms with E-state index in [9.17, 15) is 22.4 Å². The molecule has 0 saturated heterocycles. The Hall–Kier alpha value is -1.53. The summed E-state index contributed by atoms with van der Waals surface area (Å²) in [7, 11) is 0. The van der Waals surface area contributed by atoms with Crippen molar-refractivity contribution >= 4 is 5.97 Å². The molecule has 0 aliphatic heterocycles. The van der Waals surface area contributed by atoms with Crippen LogP contribution in [0.3, 0.4) is 0 Å². The minimum atomic E-state index is -5.21. The number of hydrogen-bond donors (Lipinski definition) is 1. The van der Waals surface area contributed by atoms with Gasteiger partial charge in [0.2, 0.25) is 5.67 Å². The second-order valence-electron chi connectivity index (χ2n) is 3.50. The van der Waals surface area contributed by atoms with Gasteiger partial charge in [-0.1, -0.05) is 0 Å².